The molecule has 0 spiro atoms. The summed E-state index contributed by atoms with van der Waals surface area (Å²) in [6, 6.07) is 30.0. The molecule has 1 aliphatic carbocycles. The van der Waals surface area contributed by atoms with Gasteiger partial charge in [-0.25, -0.2) is 4.79 Å². The summed E-state index contributed by atoms with van der Waals surface area (Å²) in [6.07, 6.45) is 1.46. The van der Waals surface area contributed by atoms with Crippen LogP contribution >= 0.6 is 0 Å². The van der Waals surface area contributed by atoms with Gasteiger partial charge < -0.3 is 14.5 Å². The quantitative estimate of drug-likeness (QED) is 0.260. The minimum absolute atomic E-state index is 0.0809. The second-order valence-electron chi connectivity index (χ2n) is 11.9. The van der Waals surface area contributed by atoms with Crippen LogP contribution in [-0.4, -0.2) is 47.2 Å². The van der Waals surface area contributed by atoms with E-state index >= 15 is 0 Å². The molecule has 0 aromatic heterocycles. The highest BCUT2D eigenvalue weighted by Crippen LogP contribution is 2.43. The molecule has 0 bridgehead atoms. The second kappa shape index (κ2) is 12.6. The van der Waals surface area contributed by atoms with Crippen molar-refractivity contribution in [2.45, 2.75) is 38.5 Å². The van der Waals surface area contributed by atoms with E-state index in [9.17, 15) is 24.0 Å². The van der Waals surface area contributed by atoms with E-state index in [1.54, 1.807) is 46.2 Å². The summed E-state index contributed by atoms with van der Waals surface area (Å²) < 4.78 is 5.31. The lowest BCUT2D eigenvalue weighted by Crippen LogP contribution is -2.49. The molecule has 47 heavy (non-hydrogen) atoms. The summed E-state index contributed by atoms with van der Waals surface area (Å²) in [7, 11) is 0. The van der Waals surface area contributed by atoms with Crippen LogP contribution in [0, 0.1) is 5.92 Å². The zero-order valence-corrected chi connectivity index (χ0v) is 25.5. The first-order valence-electron chi connectivity index (χ1n) is 15.6. The molecule has 1 N–H and O–H groups in total. The Morgan fingerprint density at radius 1 is 0.702 bits per heavy atom. The number of hydrogen-bond acceptors (Lipinski definition) is 6. The monoisotopic (exact) mass is 628 g/mol. The van der Waals surface area contributed by atoms with Gasteiger partial charge in [0.2, 0.25) is 11.8 Å². The zero-order chi connectivity index (χ0) is 32.5. The second-order valence-corrected chi connectivity index (χ2v) is 11.9. The SMILES string of the molecule is O=C(Nc1ccc(CN2C(=O)[C@H]3CCC[C@H]3N(C(=O)CN3C(=O)c4ccccc4C3=O)c3ccccc32)cc1)OCc1ccccc1. The molecule has 2 atom stereocenters. The minimum atomic E-state index is -0.573. The fourth-order valence-electron chi connectivity index (χ4n) is 6.76. The summed E-state index contributed by atoms with van der Waals surface area (Å²) in [5, 5.41) is 2.73. The molecule has 4 aromatic rings. The first kappa shape index (κ1) is 29.9. The molecular formula is C37H32N4O6. The van der Waals surface area contributed by atoms with Gasteiger partial charge in [0.15, 0.2) is 0 Å². The number of nitrogens with zero attached hydrogens (tertiary/aromatic N) is 3. The molecule has 0 radical (unpaired) electrons. The standard InChI is InChI=1S/C37H32N4O6/c42-33(22-40-34(43)27-11-4-5-12-28(27)35(40)44)41-30-16-8-13-29(30)36(45)39(31-14-6-7-15-32(31)41)21-24-17-19-26(20-18-24)38-37(46)47-23-25-9-2-1-3-10-25/h1-7,9-12,14-15,17-20,29-30H,8,13,16,21-23H2,(H,38,46)/t29-,30+/m0/s1. The van der Waals surface area contributed by atoms with E-state index in [2.05, 4.69) is 5.32 Å². The molecule has 2 heterocycles. The number of fused-ring (bicyclic) bond motifs is 3. The molecular weight excluding hydrogens is 596 g/mol. The van der Waals surface area contributed by atoms with Crippen LogP contribution in [0.2, 0.25) is 0 Å². The number of rotatable bonds is 7. The van der Waals surface area contributed by atoms with Crippen LogP contribution < -0.4 is 15.1 Å². The number of ether oxygens (including phenoxy) is 1. The van der Waals surface area contributed by atoms with E-state index in [1.807, 2.05) is 66.7 Å². The van der Waals surface area contributed by atoms with Gasteiger partial charge in [0, 0.05) is 11.7 Å². The molecule has 1 fully saturated rings. The number of para-hydroxylation sites is 2. The molecule has 1 saturated carbocycles. The molecule has 0 saturated heterocycles. The number of hydrogen-bond donors (Lipinski definition) is 1. The first-order valence-corrected chi connectivity index (χ1v) is 15.6. The van der Waals surface area contributed by atoms with Crippen LogP contribution in [0.15, 0.2) is 103 Å². The Morgan fingerprint density at radius 3 is 2.04 bits per heavy atom. The van der Waals surface area contributed by atoms with Gasteiger partial charge in [0.25, 0.3) is 11.8 Å². The Morgan fingerprint density at radius 2 is 1.34 bits per heavy atom. The lowest BCUT2D eigenvalue weighted by atomic mass is 10.0. The molecule has 10 heteroatoms. The molecule has 5 amide bonds. The molecule has 2 aliphatic heterocycles. The first-order chi connectivity index (χ1) is 22.9. The van der Waals surface area contributed by atoms with E-state index < -0.39 is 42.3 Å². The zero-order valence-electron chi connectivity index (χ0n) is 25.5. The Labute approximate surface area is 271 Å². The summed E-state index contributed by atoms with van der Waals surface area (Å²) in [5.41, 5.74) is 3.98. The topological polar surface area (TPSA) is 116 Å². The molecule has 236 valence electrons. The van der Waals surface area contributed by atoms with Gasteiger partial charge in [0.05, 0.1) is 35.0 Å². The van der Waals surface area contributed by atoms with Gasteiger partial charge in [-0.2, -0.15) is 0 Å². The third kappa shape index (κ3) is 5.74. The fourth-order valence-corrected chi connectivity index (χ4v) is 6.76. The predicted octanol–water partition coefficient (Wildman–Crippen LogP) is 5.78. The maximum atomic E-state index is 14.2. The largest absolute Gasteiger partial charge is 0.444 e. The normalized spacial score (nSPS) is 18.4. The van der Waals surface area contributed by atoms with Crippen LogP contribution in [0.5, 0.6) is 0 Å². The third-order valence-electron chi connectivity index (χ3n) is 9.02. The summed E-state index contributed by atoms with van der Waals surface area (Å²) >= 11 is 0. The average Bonchev–Trinajstić information content (AvgIpc) is 3.64. The molecule has 3 aliphatic rings. The summed E-state index contributed by atoms with van der Waals surface area (Å²) in [5.74, 6) is -1.92. The van der Waals surface area contributed by atoms with Crippen LogP contribution in [0.4, 0.5) is 21.9 Å². The van der Waals surface area contributed by atoms with Gasteiger partial charge in [-0.3, -0.25) is 29.4 Å². The molecule has 10 nitrogen and oxygen atoms in total. The Hall–Kier alpha value is -5.77. The maximum absolute atomic E-state index is 14.2. The van der Waals surface area contributed by atoms with Gasteiger partial charge in [0.1, 0.15) is 13.2 Å². The fraction of sp³-hybridized carbons (Fsp3) is 0.216. The average molecular weight is 629 g/mol. The number of amides is 5. The van der Waals surface area contributed by atoms with Crippen molar-refractivity contribution >= 4 is 46.8 Å². The summed E-state index contributed by atoms with van der Waals surface area (Å²) in [4.78, 5) is 71.1. The van der Waals surface area contributed by atoms with Crippen LogP contribution in [0.3, 0.4) is 0 Å². The van der Waals surface area contributed by atoms with E-state index in [-0.39, 0.29) is 30.2 Å². The minimum Gasteiger partial charge on any atom is -0.444 e. The van der Waals surface area contributed by atoms with E-state index in [0.717, 1.165) is 22.4 Å². The van der Waals surface area contributed by atoms with E-state index in [0.29, 0.717) is 29.9 Å². The Balaban J connectivity index is 1.10. The van der Waals surface area contributed by atoms with Gasteiger partial charge >= 0.3 is 6.09 Å². The van der Waals surface area contributed by atoms with Crippen molar-refractivity contribution in [3.05, 3.63) is 125 Å². The van der Waals surface area contributed by atoms with Crippen LogP contribution in [0.1, 0.15) is 51.1 Å². The number of anilines is 3. The highest BCUT2D eigenvalue weighted by molar-refractivity contribution is 6.23. The highest BCUT2D eigenvalue weighted by atomic mass is 16.5. The maximum Gasteiger partial charge on any atom is 0.411 e. The number of benzene rings is 4. The van der Waals surface area contributed by atoms with Crippen molar-refractivity contribution in [3.63, 3.8) is 0 Å². The highest BCUT2D eigenvalue weighted by Gasteiger charge is 2.47. The van der Waals surface area contributed by atoms with Crippen molar-refractivity contribution in [2.75, 3.05) is 21.7 Å². The van der Waals surface area contributed by atoms with Crippen LogP contribution in [0.25, 0.3) is 0 Å². The predicted molar refractivity (Wildman–Crippen MR) is 175 cm³/mol. The van der Waals surface area contributed by atoms with E-state index in [4.69, 9.17) is 4.74 Å². The Bertz CT molecular complexity index is 1840. The lowest BCUT2D eigenvalue weighted by Gasteiger charge is -2.31. The van der Waals surface area contributed by atoms with Gasteiger partial charge in [-0.15, -0.1) is 0 Å². The van der Waals surface area contributed by atoms with Crippen LogP contribution in [-0.2, 0) is 27.5 Å². The number of nitrogens with one attached hydrogen (secondary N) is 1. The number of imide groups is 1. The Kier molecular flexibility index (Phi) is 7.99. The summed E-state index contributed by atoms with van der Waals surface area (Å²) in [6.45, 7) is -0.0141. The molecule has 0 unspecified atom stereocenters. The van der Waals surface area contributed by atoms with Crippen molar-refractivity contribution in [1.82, 2.24) is 4.90 Å². The van der Waals surface area contributed by atoms with Crippen molar-refractivity contribution in [1.29, 1.82) is 0 Å². The van der Waals surface area contributed by atoms with Crippen molar-refractivity contribution < 1.29 is 28.7 Å². The van der Waals surface area contributed by atoms with Crippen molar-refractivity contribution in [2.24, 2.45) is 5.92 Å². The van der Waals surface area contributed by atoms with E-state index in [1.165, 1.54) is 0 Å². The molecule has 4 aromatic carbocycles. The van der Waals surface area contributed by atoms with Gasteiger partial charge in [-0.05, 0) is 60.4 Å². The van der Waals surface area contributed by atoms with Crippen molar-refractivity contribution in [3.8, 4) is 0 Å². The third-order valence-corrected chi connectivity index (χ3v) is 9.02. The molecule has 7 rings (SSSR count). The lowest BCUT2D eigenvalue weighted by molar-refractivity contribution is -0.123. The van der Waals surface area contributed by atoms with Gasteiger partial charge in [-0.1, -0.05) is 73.2 Å². The number of carbonyl (C=O) groups is 5. The number of carbonyl (C=O) groups excluding carboxylic acids is 5. The smallest absolute Gasteiger partial charge is 0.411 e.